The molecule has 1 fully saturated rings. The molecule has 0 aliphatic carbocycles. The minimum atomic E-state index is -0.251. The largest absolute Gasteiger partial charge is 0.491 e. The highest BCUT2D eigenvalue weighted by Gasteiger charge is 2.35. The van der Waals surface area contributed by atoms with Crippen LogP contribution in [-0.2, 0) is 6.54 Å². The summed E-state index contributed by atoms with van der Waals surface area (Å²) >= 11 is 0. The zero-order valence-corrected chi connectivity index (χ0v) is 18.4. The van der Waals surface area contributed by atoms with Gasteiger partial charge in [0.25, 0.3) is 0 Å². The van der Waals surface area contributed by atoms with Crippen molar-refractivity contribution in [2.75, 3.05) is 19.7 Å². The van der Waals surface area contributed by atoms with Crippen LogP contribution in [0.15, 0.2) is 35.3 Å². The molecule has 31 heavy (non-hydrogen) atoms. The summed E-state index contributed by atoms with van der Waals surface area (Å²) < 4.78 is 10.2. The second-order valence-corrected chi connectivity index (χ2v) is 9.80. The van der Waals surface area contributed by atoms with E-state index in [1.807, 2.05) is 22.9 Å². The SMILES string of the molecule is CC(=O)c1cn2c(cc1=O)-c1c3cccc(OCC4CNC4)c3nn1CC2C(C)(C)C. The topological polar surface area (TPSA) is 78.2 Å². The lowest BCUT2D eigenvalue weighted by atomic mass is 9.84. The van der Waals surface area contributed by atoms with Gasteiger partial charge in [0.15, 0.2) is 11.2 Å². The first-order valence-electron chi connectivity index (χ1n) is 10.8. The van der Waals surface area contributed by atoms with Crippen molar-refractivity contribution in [1.82, 2.24) is 19.7 Å². The minimum absolute atomic E-state index is 0.0495. The Labute approximate surface area is 181 Å². The van der Waals surface area contributed by atoms with Gasteiger partial charge < -0.3 is 14.6 Å². The molecule has 2 aliphatic heterocycles. The third-order valence-corrected chi connectivity index (χ3v) is 6.46. The average molecular weight is 421 g/mol. The van der Waals surface area contributed by atoms with E-state index in [0.717, 1.165) is 41.1 Å². The van der Waals surface area contributed by atoms with Crippen molar-refractivity contribution in [3.8, 4) is 17.1 Å². The van der Waals surface area contributed by atoms with Crippen molar-refractivity contribution in [1.29, 1.82) is 0 Å². The highest BCUT2D eigenvalue weighted by molar-refractivity contribution is 5.97. The van der Waals surface area contributed by atoms with Crippen molar-refractivity contribution in [3.05, 3.63) is 46.2 Å². The van der Waals surface area contributed by atoms with Crippen LogP contribution in [0.25, 0.3) is 22.3 Å². The Bertz CT molecular complexity index is 1240. The minimum Gasteiger partial charge on any atom is -0.491 e. The van der Waals surface area contributed by atoms with Crippen LogP contribution in [-0.4, -0.2) is 39.8 Å². The lowest BCUT2D eigenvalue weighted by molar-refractivity contribution is 0.101. The van der Waals surface area contributed by atoms with E-state index in [1.165, 1.54) is 6.92 Å². The molecule has 0 spiro atoms. The number of rotatable bonds is 4. The molecule has 4 heterocycles. The predicted octanol–water partition coefficient (Wildman–Crippen LogP) is 3.27. The number of benzene rings is 1. The molecule has 5 rings (SSSR count). The molecule has 7 nitrogen and oxygen atoms in total. The van der Waals surface area contributed by atoms with E-state index >= 15 is 0 Å². The third-order valence-electron chi connectivity index (χ3n) is 6.46. The maximum Gasteiger partial charge on any atom is 0.193 e. The lowest BCUT2D eigenvalue weighted by Gasteiger charge is -2.38. The summed E-state index contributed by atoms with van der Waals surface area (Å²) in [4.78, 5) is 24.8. The number of fused-ring (bicyclic) bond motifs is 5. The first-order chi connectivity index (χ1) is 14.7. The number of nitrogens with zero attached hydrogens (tertiary/aromatic N) is 3. The molecule has 2 aromatic heterocycles. The monoisotopic (exact) mass is 420 g/mol. The first kappa shape index (κ1) is 20.0. The number of carbonyl (C=O) groups excluding carboxylic acids is 1. The second kappa shape index (κ2) is 7.05. The standard InChI is InChI=1S/C24H28N4O3/c1-14(29)17-11-27-18(8-19(17)30)23-16-6-5-7-20(31-13-15-9-25-10-15)22(16)26-28(23)12-21(27)24(2,3)4/h5-8,11,15,21,25H,9-10,12-13H2,1-4H3. The molecule has 0 radical (unpaired) electrons. The van der Waals surface area contributed by atoms with Crippen LogP contribution in [0, 0.1) is 11.3 Å². The Morgan fingerprint density at radius 1 is 1.29 bits per heavy atom. The summed E-state index contributed by atoms with van der Waals surface area (Å²) in [6, 6.07) is 7.60. The normalized spacial score (nSPS) is 18.4. The highest BCUT2D eigenvalue weighted by atomic mass is 16.5. The van der Waals surface area contributed by atoms with Crippen molar-refractivity contribution in [3.63, 3.8) is 0 Å². The van der Waals surface area contributed by atoms with Gasteiger partial charge >= 0.3 is 0 Å². The fourth-order valence-corrected chi connectivity index (χ4v) is 4.52. The molecular formula is C24H28N4O3. The molecule has 1 aromatic carbocycles. The van der Waals surface area contributed by atoms with E-state index in [1.54, 1.807) is 12.3 Å². The van der Waals surface area contributed by atoms with Crippen LogP contribution < -0.4 is 15.5 Å². The maximum absolute atomic E-state index is 12.7. The zero-order chi connectivity index (χ0) is 21.9. The molecule has 1 N–H and O–H groups in total. The molecule has 162 valence electrons. The van der Waals surface area contributed by atoms with Gasteiger partial charge in [-0.25, -0.2) is 0 Å². The molecular weight excluding hydrogens is 392 g/mol. The molecule has 0 saturated carbocycles. The van der Waals surface area contributed by atoms with Gasteiger partial charge in [0.2, 0.25) is 0 Å². The summed E-state index contributed by atoms with van der Waals surface area (Å²) in [6.07, 6.45) is 1.74. The van der Waals surface area contributed by atoms with Crippen molar-refractivity contribution >= 4 is 16.7 Å². The Hall–Kier alpha value is -2.93. The number of hydrogen-bond donors (Lipinski definition) is 1. The second-order valence-electron chi connectivity index (χ2n) is 9.80. The van der Waals surface area contributed by atoms with E-state index in [2.05, 4.69) is 30.7 Å². The quantitative estimate of drug-likeness (QED) is 0.656. The summed E-state index contributed by atoms with van der Waals surface area (Å²) in [6.45, 7) is 11.2. The first-order valence-corrected chi connectivity index (χ1v) is 10.8. The summed E-state index contributed by atoms with van der Waals surface area (Å²) in [5.41, 5.74) is 2.40. The fourth-order valence-electron chi connectivity index (χ4n) is 4.52. The van der Waals surface area contributed by atoms with Gasteiger partial charge in [0, 0.05) is 36.7 Å². The number of aromatic nitrogens is 3. The van der Waals surface area contributed by atoms with Crippen molar-refractivity contribution in [2.24, 2.45) is 11.3 Å². The number of Topliss-reactive ketones (excluding diaryl/α,β-unsaturated/α-hetero) is 1. The fraction of sp³-hybridized carbons (Fsp3) is 0.458. The van der Waals surface area contributed by atoms with E-state index < -0.39 is 0 Å². The maximum atomic E-state index is 12.7. The predicted molar refractivity (Wildman–Crippen MR) is 120 cm³/mol. The van der Waals surface area contributed by atoms with Gasteiger partial charge in [0.05, 0.1) is 36.1 Å². The highest BCUT2D eigenvalue weighted by Crippen LogP contribution is 2.43. The molecule has 7 heteroatoms. The number of ketones is 1. The van der Waals surface area contributed by atoms with E-state index in [4.69, 9.17) is 9.84 Å². The summed E-state index contributed by atoms with van der Waals surface area (Å²) in [5.74, 6) is 1.09. The van der Waals surface area contributed by atoms with Gasteiger partial charge in [-0.2, -0.15) is 5.10 Å². The Kier molecular flexibility index (Phi) is 4.55. The van der Waals surface area contributed by atoms with Crippen LogP contribution in [0.2, 0.25) is 0 Å². The summed E-state index contributed by atoms with van der Waals surface area (Å²) in [5, 5.41) is 9.14. The van der Waals surface area contributed by atoms with Gasteiger partial charge in [-0.3, -0.25) is 14.3 Å². The Morgan fingerprint density at radius 2 is 2.06 bits per heavy atom. The average Bonchev–Trinajstić information content (AvgIpc) is 3.04. The molecule has 1 atom stereocenters. The lowest BCUT2D eigenvalue weighted by Crippen LogP contribution is -2.45. The van der Waals surface area contributed by atoms with Crippen LogP contribution in [0.1, 0.15) is 44.1 Å². The van der Waals surface area contributed by atoms with Crippen LogP contribution >= 0.6 is 0 Å². The van der Waals surface area contributed by atoms with Gasteiger partial charge in [0.1, 0.15) is 11.3 Å². The number of pyridine rings is 1. The molecule has 0 amide bonds. The third kappa shape index (κ3) is 3.28. The Morgan fingerprint density at radius 3 is 2.71 bits per heavy atom. The molecule has 0 bridgehead atoms. The van der Waals surface area contributed by atoms with Crippen molar-refractivity contribution < 1.29 is 9.53 Å². The van der Waals surface area contributed by atoms with Crippen molar-refractivity contribution in [2.45, 2.75) is 40.3 Å². The number of nitrogens with one attached hydrogen (secondary N) is 1. The molecule has 2 aliphatic rings. The molecule has 1 saturated heterocycles. The zero-order valence-electron chi connectivity index (χ0n) is 18.4. The molecule has 1 unspecified atom stereocenters. The van der Waals surface area contributed by atoms with Crippen LogP contribution in [0.5, 0.6) is 5.75 Å². The van der Waals surface area contributed by atoms with Gasteiger partial charge in [-0.15, -0.1) is 0 Å². The smallest absolute Gasteiger partial charge is 0.193 e. The summed E-state index contributed by atoms with van der Waals surface area (Å²) in [7, 11) is 0. The number of ether oxygens (including phenoxy) is 1. The molecule has 3 aromatic rings. The Balaban J connectivity index is 1.69. The van der Waals surface area contributed by atoms with E-state index in [9.17, 15) is 9.59 Å². The van der Waals surface area contributed by atoms with E-state index in [-0.39, 0.29) is 28.2 Å². The van der Waals surface area contributed by atoms with Crippen LogP contribution in [0.3, 0.4) is 0 Å². The number of carbonyl (C=O) groups is 1. The van der Waals surface area contributed by atoms with Gasteiger partial charge in [-0.1, -0.05) is 32.9 Å². The van der Waals surface area contributed by atoms with Crippen LogP contribution in [0.4, 0.5) is 0 Å². The van der Waals surface area contributed by atoms with E-state index in [0.29, 0.717) is 19.1 Å². The van der Waals surface area contributed by atoms with Gasteiger partial charge in [-0.05, 0) is 18.4 Å². The number of hydrogen-bond acceptors (Lipinski definition) is 5.